The molecule has 9 heteroatoms. The quantitative estimate of drug-likeness (QED) is 0.567. The van der Waals surface area contributed by atoms with Gasteiger partial charge in [0.1, 0.15) is 17.2 Å². The minimum atomic E-state index is -4.09. The van der Waals surface area contributed by atoms with Crippen LogP contribution >= 0.6 is 11.6 Å². The molecule has 3 aromatic rings. The molecule has 0 saturated heterocycles. The Kier molecular flexibility index (Phi) is 7.06. The highest BCUT2D eigenvalue weighted by Gasteiger charge is 2.26. The van der Waals surface area contributed by atoms with Crippen molar-refractivity contribution >= 4 is 27.3 Å². The molecule has 0 aliphatic heterocycles. The molecule has 0 saturated carbocycles. The molecule has 32 heavy (non-hydrogen) atoms. The van der Waals surface area contributed by atoms with Crippen molar-refractivity contribution in [3.8, 4) is 5.75 Å². The van der Waals surface area contributed by atoms with E-state index in [2.05, 4.69) is 5.32 Å². The fourth-order valence-electron chi connectivity index (χ4n) is 3.35. The maximum Gasteiger partial charge on any atom is 0.270 e. The number of nitrogens with one attached hydrogen (secondary N) is 1. The summed E-state index contributed by atoms with van der Waals surface area (Å²) in [7, 11) is -2.54. The van der Waals surface area contributed by atoms with Crippen molar-refractivity contribution in [1.82, 2.24) is 9.88 Å². The molecule has 0 aliphatic rings. The summed E-state index contributed by atoms with van der Waals surface area (Å²) in [6.07, 6.45) is 0. The van der Waals surface area contributed by atoms with Crippen LogP contribution < -0.4 is 15.6 Å². The molecule has 3 rings (SSSR count). The number of pyridine rings is 1. The maximum absolute atomic E-state index is 13.2. The second-order valence-electron chi connectivity index (χ2n) is 7.27. The lowest BCUT2D eigenvalue weighted by Crippen LogP contribution is -2.35. The minimum Gasteiger partial charge on any atom is -0.497 e. The summed E-state index contributed by atoms with van der Waals surface area (Å²) in [4.78, 5) is 25.3. The Morgan fingerprint density at radius 3 is 2.44 bits per heavy atom. The molecule has 1 aromatic heterocycles. The number of hydrogen-bond acceptors (Lipinski definition) is 5. The summed E-state index contributed by atoms with van der Waals surface area (Å²) in [5, 5.41) is 3.13. The summed E-state index contributed by atoms with van der Waals surface area (Å²) >= 11 is 5.85. The lowest BCUT2D eigenvalue weighted by molar-refractivity contribution is -0.121. The standard InChI is InChI=1S/C23H23ClN2O5S/c1-15-11-16(2)26(14-21(27)25-13-17-5-4-6-19(12-17)31-3)23(28)22(15)32(29,30)20-9-7-18(24)8-10-20/h4-12H,13-14H2,1-3H3,(H,25,27). The Morgan fingerprint density at radius 2 is 1.78 bits per heavy atom. The van der Waals surface area contributed by atoms with E-state index < -0.39 is 21.3 Å². The average molecular weight is 475 g/mol. The van der Waals surface area contributed by atoms with Gasteiger partial charge in [0.2, 0.25) is 15.7 Å². The number of benzene rings is 2. The van der Waals surface area contributed by atoms with Gasteiger partial charge in [-0.05, 0) is 67.4 Å². The van der Waals surface area contributed by atoms with E-state index >= 15 is 0 Å². The van der Waals surface area contributed by atoms with Crippen molar-refractivity contribution < 1.29 is 17.9 Å². The van der Waals surface area contributed by atoms with Crippen molar-refractivity contribution in [1.29, 1.82) is 0 Å². The van der Waals surface area contributed by atoms with E-state index in [-0.39, 0.29) is 22.9 Å². The molecule has 0 radical (unpaired) electrons. The Labute approximate surface area is 191 Å². The lowest BCUT2D eigenvalue weighted by Gasteiger charge is -2.15. The summed E-state index contributed by atoms with van der Waals surface area (Å²) in [6.45, 7) is 3.15. The average Bonchev–Trinajstić information content (AvgIpc) is 2.75. The van der Waals surface area contributed by atoms with Crippen molar-refractivity contribution in [2.24, 2.45) is 0 Å². The van der Waals surface area contributed by atoms with E-state index in [0.717, 1.165) is 10.1 Å². The molecule has 0 fully saturated rings. The van der Waals surface area contributed by atoms with Crippen LogP contribution in [0.1, 0.15) is 16.8 Å². The van der Waals surface area contributed by atoms with Crippen LogP contribution in [-0.2, 0) is 27.7 Å². The molecule has 0 atom stereocenters. The highest BCUT2D eigenvalue weighted by Crippen LogP contribution is 2.23. The third-order valence-electron chi connectivity index (χ3n) is 4.97. The molecular weight excluding hydrogens is 452 g/mol. The highest BCUT2D eigenvalue weighted by molar-refractivity contribution is 7.91. The number of nitrogens with zero attached hydrogens (tertiary/aromatic N) is 1. The van der Waals surface area contributed by atoms with Crippen LogP contribution in [0.25, 0.3) is 0 Å². The van der Waals surface area contributed by atoms with Crippen molar-refractivity contribution in [3.63, 3.8) is 0 Å². The van der Waals surface area contributed by atoms with Crippen molar-refractivity contribution in [2.45, 2.75) is 36.7 Å². The molecule has 2 aromatic carbocycles. The van der Waals surface area contributed by atoms with Crippen LogP contribution in [0.3, 0.4) is 0 Å². The Bertz CT molecular complexity index is 1320. The molecule has 7 nitrogen and oxygen atoms in total. The number of carbonyl (C=O) groups excluding carboxylic acids is 1. The maximum atomic E-state index is 13.2. The number of amides is 1. The Hall–Kier alpha value is -3.10. The summed E-state index contributed by atoms with van der Waals surface area (Å²) in [5.41, 5.74) is 0.889. The molecular formula is C23H23ClN2O5S. The summed E-state index contributed by atoms with van der Waals surface area (Å²) in [6, 6.07) is 14.4. The number of methoxy groups -OCH3 is 1. The zero-order valence-electron chi connectivity index (χ0n) is 17.9. The lowest BCUT2D eigenvalue weighted by atomic mass is 10.2. The van der Waals surface area contributed by atoms with Crippen LogP contribution in [0.4, 0.5) is 0 Å². The normalized spacial score (nSPS) is 11.2. The monoisotopic (exact) mass is 474 g/mol. The first-order valence-corrected chi connectivity index (χ1v) is 11.6. The predicted molar refractivity (Wildman–Crippen MR) is 122 cm³/mol. The van der Waals surface area contributed by atoms with E-state index in [4.69, 9.17) is 16.3 Å². The van der Waals surface area contributed by atoms with Crippen LogP contribution in [-0.4, -0.2) is 26.0 Å². The fourth-order valence-corrected chi connectivity index (χ4v) is 5.02. The first kappa shape index (κ1) is 23.6. The number of rotatable bonds is 7. The van der Waals surface area contributed by atoms with Gasteiger partial charge in [-0.15, -0.1) is 0 Å². The molecule has 0 unspecified atom stereocenters. The van der Waals surface area contributed by atoms with E-state index in [1.165, 1.54) is 24.3 Å². The van der Waals surface area contributed by atoms with E-state index in [1.54, 1.807) is 39.2 Å². The first-order valence-electron chi connectivity index (χ1n) is 9.75. The second kappa shape index (κ2) is 9.58. The fraction of sp³-hybridized carbons (Fsp3) is 0.217. The van der Waals surface area contributed by atoms with Gasteiger partial charge in [-0.1, -0.05) is 23.7 Å². The Morgan fingerprint density at radius 1 is 1.09 bits per heavy atom. The summed E-state index contributed by atoms with van der Waals surface area (Å²) in [5.74, 6) is 0.246. The minimum absolute atomic E-state index is 0.0417. The molecule has 1 heterocycles. The first-order chi connectivity index (χ1) is 15.1. The second-order valence-corrected chi connectivity index (χ2v) is 9.60. The Balaban J connectivity index is 1.88. The molecule has 1 amide bonds. The number of carbonyl (C=O) groups is 1. The van der Waals surface area contributed by atoms with Gasteiger partial charge >= 0.3 is 0 Å². The third kappa shape index (κ3) is 5.03. The van der Waals surface area contributed by atoms with Gasteiger partial charge in [-0.2, -0.15) is 0 Å². The number of ether oxygens (including phenoxy) is 1. The topological polar surface area (TPSA) is 94.5 Å². The molecule has 1 N–H and O–H groups in total. The van der Waals surface area contributed by atoms with Gasteiger partial charge in [0.15, 0.2) is 0 Å². The summed E-state index contributed by atoms with van der Waals surface area (Å²) < 4.78 is 32.6. The zero-order chi connectivity index (χ0) is 23.5. The highest BCUT2D eigenvalue weighted by atomic mass is 35.5. The molecule has 168 valence electrons. The van der Waals surface area contributed by atoms with Crippen molar-refractivity contribution in [2.75, 3.05) is 7.11 Å². The number of hydrogen-bond donors (Lipinski definition) is 1. The van der Waals surface area contributed by atoms with Crippen LogP contribution in [0.5, 0.6) is 5.75 Å². The van der Waals surface area contributed by atoms with Gasteiger partial charge in [0, 0.05) is 17.3 Å². The third-order valence-corrected chi connectivity index (χ3v) is 7.15. The van der Waals surface area contributed by atoms with Gasteiger partial charge in [0.05, 0.1) is 12.0 Å². The zero-order valence-corrected chi connectivity index (χ0v) is 19.5. The molecule has 0 bridgehead atoms. The number of aromatic nitrogens is 1. The van der Waals surface area contributed by atoms with E-state index in [0.29, 0.717) is 22.0 Å². The smallest absolute Gasteiger partial charge is 0.270 e. The van der Waals surface area contributed by atoms with Crippen LogP contribution in [0.15, 0.2) is 69.2 Å². The SMILES string of the molecule is COc1cccc(CNC(=O)Cn2c(C)cc(C)c(S(=O)(=O)c3ccc(Cl)cc3)c2=O)c1. The molecule has 0 aliphatic carbocycles. The van der Waals surface area contributed by atoms with Crippen LogP contribution in [0.2, 0.25) is 5.02 Å². The number of aryl methyl sites for hydroxylation is 2. The largest absolute Gasteiger partial charge is 0.497 e. The van der Waals surface area contributed by atoms with E-state index in [1.807, 2.05) is 12.1 Å². The number of halogens is 1. The van der Waals surface area contributed by atoms with E-state index in [9.17, 15) is 18.0 Å². The van der Waals surface area contributed by atoms with Gasteiger partial charge in [-0.3, -0.25) is 9.59 Å². The van der Waals surface area contributed by atoms with Gasteiger partial charge in [-0.25, -0.2) is 8.42 Å². The van der Waals surface area contributed by atoms with Crippen LogP contribution in [0, 0.1) is 13.8 Å². The predicted octanol–water partition coefficient (Wildman–Crippen LogP) is 3.28. The van der Waals surface area contributed by atoms with Crippen molar-refractivity contribution in [3.05, 3.63) is 86.8 Å². The van der Waals surface area contributed by atoms with Gasteiger partial charge in [0.25, 0.3) is 5.56 Å². The number of sulfone groups is 1. The van der Waals surface area contributed by atoms with Gasteiger partial charge < -0.3 is 14.6 Å². The molecule has 0 spiro atoms.